The van der Waals surface area contributed by atoms with Gasteiger partial charge in [0.05, 0.1) is 51.8 Å². The maximum Gasteiger partial charge on any atom is 0.187 e. The number of rotatable bonds is 14. The number of hydrogen-bond donors (Lipinski definition) is 16. The van der Waals surface area contributed by atoms with Gasteiger partial charge in [-0.1, -0.05) is 59.3 Å². The molecule has 9 rings (SSSR count). The van der Waals surface area contributed by atoms with Gasteiger partial charge in [0.1, 0.15) is 97.7 Å². The van der Waals surface area contributed by atoms with Crippen LogP contribution in [0.3, 0.4) is 0 Å². The van der Waals surface area contributed by atoms with Crippen molar-refractivity contribution in [2.24, 2.45) is 44.3 Å². The van der Waals surface area contributed by atoms with Gasteiger partial charge in [-0.3, -0.25) is 0 Å². The van der Waals surface area contributed by atoms with E-state index in [9.17, 15) is 81.7 Å². The smallest absolute Gasteiger partial charge is 0.187 e. The molecule has 16 N–H and O–H groups in total. The molecule has 29 atom stereocenters. The number of ether oxygens (including phenoxy) is 8. The molecule has 0 amide bonds. The first-order valence-corrected chi connectivity index (χ1v) is 27.8. The summed E-state index contributed by atoms with van der Waals surface area (Å²) < 4.78 is 48.2. The van der Waals surface area contributed by atoms with E-state index in [-0.39, 0.29) is 35.9 Å². The van der Waals surface area contributed by atoms with Gasteiger partial charge in [-0.05, 0) is 85.0 Å². The molecule has 0 aromatic rings. The van der Waals surface area contributed by atoms with Crippen molar-refractivity contribution < 1.29 is 120 Å². The van der Waals surface area contributed by atoms with Crippen molar-refractivity contribution >= 4 is 0 Å². The second-order valence-corrected chi connectivity index (χ2v) is 25.9. The predicted molar refractivity (Wildman–Crippen MR) is 265 cm³/mol. The third kappa shape index (κ3) is 9.82. The molecule has 24 heteroatoms. The second kappa shape index (κ2) is 22.5. The van der Waals surface area contributed by atoms with Gasteiger partial charge in [0.2, 0.25) is 0 Å². The average molecular weight is 1120 g/mol. The molecular weight excluding hydrogens is 1030 g/mol. The van der Waals surface area contributed by atoms with Crippen molar-refractivity contribution in [3.8, 4) is 0 Å². The molecule has 0 radical (unpaired) electrons. The van der Waals surface area contributed by atoms with E-state index < -0.39 is 183 Å². The van der Waals surface area contributed by atoms with Crippen LogP contribution in [-0.2, 0) is 37.9 Å². The molecule has 0 unspecified atom stereocenters. The van der Waals surface area contributed by atoms with E-state index in [0.717, 1.165) is 18.4 Å². The van der Waals surface area contributed by atoms with Crippen molar-refractivity contribution in [2.45, 2.75) is 228 Å². The standard InChI is InChI=1S/C54H88O24/c1-49(2)13-14-54(22-59)24(15-49)23-7-8-30-50(3)11-10-32(51(4,21-58)29(50)9-12-52(30,5)53(23,6)16-31(54)60)76-48-44(78-46-42(70)38(66)34(62)26(18-56)73-46)40(68)36(64)28(75-48)20-71-47-43(39(67)35(63)27(19-57)74-47)77-45-41(69)37(65)33(61)25(17-55)72-45/h7-8,25-48,55-70H,9-22H2,1-6H3/t25-,26-,27-,28-,29-,30-,31+,32+,33-,34-,35-,36-,37+,38+,39+,40+,41-,42-,43-,44-,45+,46+,47-,48+,50+,51+,52-,53-,54-/m1/s1. The van der Waals surface area contributed by atoms with Crippen LogP contribution in [0.25, 0.3) is 0 Å². The quantitative estimate of drug-likeness (QED) is 0.0745. The minimum absolute atomic E-state index is 0.0163. The fourth-order valence-electron chi connectivity index (χ4n) is 15.9. The van der Waals surface area contributed by atoms with Crippen molar-refractivity contribution in [3.05, 3.63) is 23.3 Å². The van der Waals surface area contributed by atoms with Crippen LogP contribution < -0.4 is 0 Å². The highest BCUT2D eigenvalue weighted by atomic mass is 16.8. The third-order valence-electron chi connectivity index (χ3n) is 21.1. The molecule has 24 nitrogen and oxygen atoms in total. The number of hydrogen-bond acceptors (Lipinski definition) is 24. The van der Waals surface area contributed by atoms with Crippen LogP contribution in [0.4, 0.5) is 0 Å². The third-order valence-corrected chi connectivity index (χ3v) is 21.1. The van der Waals surface area contributed by atoms with Gasteiger partial charge in [-0.15, -0.1) is 0 Å². The van der Waals surface area contributed by atoms with Crippen molar-refractivity contribution in [3.63, 3.8) is 0 Å². The summed E-state index contributed by atoms with van der Waals surface area (Å²) in [4.78, 5) is 0. The number of allylic oxidation sites excluding steroid dienone is 3. The van der Waals surface area contributed by atoms with Crippen LogP contribution in [0.15, 0.2) is 23.3 Å². The normalized spacial score (nSPS) is 54.2. The zero-order valence-electron chi connectivity index (χ0n) is 45.3. The fraction of sp³-hybridized carbons (Fsp3) is 0.926. The topological polar surface area (TPSA) is 398 Å². The zero-order valence-corrected chi connectivity index (χ0v) is 45.3. The van der Waals surface area contributed by atoms with Crippen LogP contribution in [0.1, 0.15) is 92.9 Å². The summed E-state index contributed by atoms with van der Waals surface area (Å²) in [6.45, 7) is 9.51. The highest BCUT2D eigenvalue weighted by Gasteiger charge is 2.69. The molecule has 7 fully saturated rings. The van der Waals surface area contributed by atoms with Gasteiger partial charge in [0, 0.05) is 16.2 Å². The van der Waals surface area contributed by atoms with Gasteiger partial charge in [-0.2, -0.15) is 0 Å². The van der Waals surface area contributed by atoms with Crippen molar-refractivity contribution in [1.82, 2.24) is 0 Å². The van der Waals surface area contributed by atoms with Crippen LogP contribution in [0, 0.1) is 44.3 Å². The van der Waals surface area contributed by atoms with Crippen LogP contribution in [0.5, 0.6) is 0 Å². The lowest BCUT2D eigenvalue weighted by Gasteiger charge is -2.70. The van der Waals surface area contributed by atoms with E-state index in [1.165, 1.54) is 5.57 Å². The molecule has 4 saturated heterocycles. The summed E-state index contributed by atoms with van der Waals surface area (Å²) >= 11 is 0. The Morgan fingerprint density at radius 2 is 1.04 bits per heavy atom. The highest BCUT2D eigenvalue weighted by molar-refractivity contribution is 5.47. The lowest BCUT2D eigenvalue weighted by Crippen LogP contribution is -2.67. The molecule has 0 spiro atoms. The van der Waals surface area contributed by atoms with Gasteiger partial charge in [-0.25, -0.2) is 0 Å². The van der Waals surface area contributed by atoms with Gasteiger partial charge < -0.3 is 120 Å². The monoisotopic (exact) mass is 1120 g/mol. The molecule has 78 heavy (non-hydrogen) atoms. The van der Waals surface area contributed by atoms with E-state index in [1.54, 1.807) is 0 Å². The van der Waals surface area contributed by atoms with Crippen molar-refractivity contribution in [1.29, 1.82) is 0 Å². The molecule has 0 bridgehead atoms. The Morgan fingerprint density at radius 3 is 1.58 bits per heavy atom. The maximum atomic E-state index is 12.2. The number of fused-ring (bicyclic) bond motifs is 6. The first kappa shape index (κ1) is 61.1. The van der Waals surface area contributed by atoms with E-state index >= 15 is 0 Å². The molecule has 9 aliphatic rings. The van der Waals surface area contributed by atoms with Gasteiger partial charge in [0.15, 0.2) is 25.2 Å². The fourth-order valence-corrected chi connectivity index (χ4v) is 15.9. The minimum atomic E-state index is -1.98. The number of aliphatic hydroxyl groups excluding tert-OH is 16. The van der Waals surface area contributed by atoms with Crippen LogP contribution >= 0.6 is 0 Å². The molecule has 3 saturated carbocycles. The van der Waals surface area contributed by atoms with E-state index in [4.69, 9.17) is 37.9 Å². The second-order valence-electron chi connectivity index (χ2n) is 25.9. The molecule has 0 aromatic carbocycles. The van der Waals surface area contributed by atoms with Crippen LogP contribution in [0.2, 0.25) is 0 Å². The Bertz CT molecular complexity index is 2150. The maximum absolute atomic E-state index is 12.2. The molecule has 4 aliphatic heterocycles. The van der Waals surface area contributed by atoms with Gasteiger partial charge in [0.25, 0.3) is 0 Å². The van der Waals surface area contributed by atoms with Gasteiger partial charge >= 0.3 is 0 Å². The zero-order chi connectivity index (χ0) is 57.0. The Balaban J connectivity index is 1.00. The SMILES string of the molecule is CC1(C)CC[C@@]2(CO)C(=C3C=C[C@@H]4[C@@]5(C)CC[C@H](O[C@@H]6O[C@H](CO[C@@H]7O[C@H](CO)[C@@H](O)[C@H](O)[C@H]7O[C@@H]7O[C@H](CO)[C@@H](O)[C@H](O)[C@H]7O)[C@@H](O)[C@H](O)[C@H]6O[C@@H]6O[C@H](CO)[C@@H](O)[C@H](O)[C@H]6O)[C@@](C)(CO)[C@@H]5CC[C@@]4(C)[C@]3(C)C[C@@H]2O)C1. The first-order valence-electron chi connectivity index (χ1n) is 27.8. The van der Waals surface area contributed by atoms with Crippen molar-refractivity contribution in [2.75, 3.05) is 39.6 Å². The largest absolute Gasteiger partial charge is 0.396 e. The summed E-state index contributed by atoms with van der Waals surface area (Å²) in [5, 5.41) is 175. The molecule has 4 heterocycles. The lowest BCUT2D eigenvalue weighted by atomic mass is 9.35. The van der Waals surface area contributed by atoms with E-state index in [2.05, 4.69) is 46.8 Å². The predicted octanol–water partition coefficient (Wildman–Crippen LogP) is -3.70. The van der Waals surface area contributed by atoms with Crippen LogP contribution in [-0.4, -0.2) is 256 Å². The molecule has 5 aliphatic carbocycles. The summed E-state index contributed by atoms with van der Waals surface area (Å²) in [6, 6.07) is 0. The Labute approximate surface area is 453 Å². The molecular formula is C54H88O24. The minimum Gasteiger partial charge on any atom is -0.396 e. The molecule has 448 valence electrons. The van der Waals surface area contributed by atoms with E-state index in [1.807, 2.05) is 6.92 Å². The summed E-state index contributed by atoms with van der Waals surface area (Å²) in [5.74, 6) is -0.246. The first-order chi connectivity index (χ1) is 36.6. The summed E-state index contributed by atoms with van der Waals surface area (Å²) in [5.41, 5.74) is -0.690. The Kier molecular flexibility index (Phi) is 17.6. The van der Waals surface area contributed by atoms with E-state index in [0.29, 0.717) is 38.5 Å². The summed E-state index contributed by atoms with van der Waals surface area (Å²) in [6.07, 6.45) is -27.6. The molecule has 0 aromatic heterocycles. The Morgan fingerprint density at radius 1 is 0.526 bits per heavy atom. The summed E-state index contributed by atoms with van der Waals surface area (Å²) in [7, 11) is 0. The number of aliphatic hydroxyl groups is 16. The highest BCUT2D eigenvalue weighted by Crippen LogP contribution is 2.74. The lowest BCUT2D eigenvalue weighted by molar-refractivity contribution is -0.388. The average Bonchev–Trinajstić information content (AvgIpc) is 2.04. The Hall–Kier alpha value is -1.48.